The van der Waals surface area contributed by atoms with Crippen LogP contribution in [0.1, 0.15) is 18.4 Å². The second-order valence-electron chi connectivity index (χ2n) is 6.36. The van der Waals surface area contributed by atoms with E-state index in [-0.39, 0.29) is 18.4 Å². The smallest absolute Gasteiger partial charge is 0.317 e. The van der Waals surface area contributed by atoms with Crippen molar-refractivity contribution in [2.75, 3.05) is 6.54 Å². The highest BCUT2D eigenvalue weighted by molar-refractivity contribution is 5.80. The molecule has 0 saturated carbocycles. The van der Waals surface area contributed by atoms with Gasteiger partial charge in [0, 0.05) is 13.6 Å². The summed E-state index contributed by atoms with van der Waals surface area (Å²) in [5.41, 5.74) is 0.962. The maximum Gasteiger partial charge on any atom is 0.317 e. The third kappa shape index (κ3) is 3.44. The number of carbonyl (C=O) groups is 1. The van der Waals surface area contributed by atoms with Crippen molar-refractivity contribution < 1.29 is 4.79 Å². The Balaban J connectivity index is 1.80. The highest BCUT2D eigenvalue weighted by Gasteiger charge is 2.14. The lowest BCUT2D eigenvalue weighted by atomic mass is 10.0. The van der Waals surface area contributed by atoms with E-state index in [4.69, 9.17) is 0 Å². The number of para-hydroxylation sites is 2. The van der Waals surface area contributed by atoms with Crippen molar-refractivity contribution in [3.05, 3.63) is 80.9 Å². The summed E-state index contributed by atoms with van der Waals surface area (Å²) >= 11 is 0. The van der Waals surface area contributed by atoms with E-state index in [0.29, 0.717) is 17.6 Å². The third-order valence-electron chi connectivity index (χ3n) is 4.54. The summed E-state index contributed by atoms with van der Waals surface area (Å²) in [6, 6.07) is 16.9. The van der Waals surface area contributed by atoms with Crippen molar-refractivity contribution in [3.63, 3.8) is 0 Å². The van der Waals surface area contributed by atoms with Gasteiger partial charge in [-0.2, -0.15) is 0 Å². The number of nitrogens with zero attached hydrogens (tertiary/aromatic N) is 2. The van der Waals surface area contributed by atoms with Crippen LogP contribution in [0.5, 0.6) is 0 Å². The Morgan fingerprint density at radius 3 is 2.27 bits per heavy atom. The van der Waals surface area contributed by atoms with Crippen molar-refractivity contribution >= 4 is 16.9 Å². The van der Waals surface area contributed by atoms with E-state index in [1.54, 1.807) is 31.3 Å². The Bertz CT molecular complexity index is 1050. The van der Waals surface area contributed by atoms with Gasteiger partial charge in [-0.05, 0) is 23.6 Å². The van der Waals surface area contributed by atoms with E-state index in [1.165, 1.54) is 9.13 Å². The molecule has 0 radical (unpaired) electrons. The normalized spacial score (nSPS) is 12.1. The molecule has 1 amide bonds. The zero-order valence-corrected chi connectivity index (χ0v) is 14.8. The summed E-state index contributed by atoms with van der Waals surface area (Å²) in [6.07, 6.45) is 0. The van der Waals surface area contributed by atoms with Crippen molar-refractivity contribution in [3.8, 4) is 0 Å². The largest absolute Gasteiger partial charge is 0.354 e. The fraction of sp³-hybridized carbons (Fsp3) is 0.250. The molecule has 0 aliphatic carbocycles. The van der Waals surface area contributed by atoms with Gasteiger partial charge < -0.3 is 9.88 Å². The van der Waals surface area contributed by atoms with Gasteiger partial charge in [-0.1, -0.05) is 49.4 Å². The molecule has 1 atom stereocenters. The fourth-order valence-corrected chi connectivity index (χ4v) is 2.98. The number of amides is 1. The molecule has 0 aliphatic heterocycles. The molecule has 3 rings (SSSR count). The minimum absolute atomic E-state index is 0.150. The van der Waals surface area contributed by atoms with Crippen molar-refractivity contribution in [1.29, 1.82) is 0 Å². The molecular weight excluding hydrogens is 330 g/mol. The summed E-state index contributed by atoms with van der Waals surface area (Å²) in [7, 11) is 1.55. The molecule has 1 heterocycles. The molecule has 0 unspecified atom stereocenters. The van der Waals surface area contributed by atoms with Crippen LogP contribution in [0.2, 0.25) is 0 Å². The highest BCUT2D eigenvalue weighted by Crippen LogP contribution is 2.13. The zero-order chi connectivity index (χ0) is 18.7. The van der Waals surface area contributed by atoms with Crippen molar-refractivity contribution in [2.24, 2.45) is 7.05 Å². The molecule has 26 heavy (non-hydrogen) atoms. The summed E-state index contributed by atoms with van der Waals surface area (Å²) in [5, 5.41) is 2.85. The van der Waals surface area contributed by atoms with Gasteiger partial charge in [0.05, 0.1) is 11.0 Å². The molecule has 6 heteroatoms. The minimum atomic E-state index is -0.697. The van der Waals surface area contributed by atoms with Crippen LogP contribution in [0.25, 0.3) is 11.0 Å². The molecule has 134 valence electrons. The SMILES string of the molecule is C[C@@H](CNC(=O)Cn1c(=O)c(=O)n(C)c2ccccc21)c1ccccc1. The molecule has 0 saturated heterocycles. The number of aryl methyl sites for hydroxylation is 1. The highest BCUT2D eigenvalue weighted by atomic mass is 16.2. The van der Waals surface area contributed by atoms with E-state index in [0.717, 1.165) is 5.56 Å². The first-order valence-corrected chi connectivity index (χ1v) is 8.49. The van der Waals surface area contributed by atoms with Crippen LogP contribution in [0.3, 0.4) is 0 Å². The van der Waals surface area contributed by atoms with Crippen LogP contribution >= 0.6 is 0 Å². The second-order valence-corrected chi connectivity index (χ2v) is 6.36. The predicted molar refractivity (Wildman–Crippen MR) is 101 cm³/mol. The maximum absolute atomic E-state index is 12.4. The minimum Gasteiger partial charge on any atom is -0.354 e. The number of benzene rings is 2. The Morgan fingerprint density at radius 1 is 0.962 bits per heavy atom. The first kappa shape index (κ1) is 17.7. The quantitative estimate of drug-likeness (QED) is 0.710. The molecule has 0 aliphatic rings. The Kier molecular flexibility index (Phi) is 5.02. The molecule has 6 nitrogen and oxygen atoms in total. The number of hydrogen-bond donors (Lipinski definition) is 1. The lowest BCUT2D eigenvalue weighted by molar-refractivity contribution is -0.121. The standard InChI is InChI=1S/C20H21N3O3/c1-14(15-8-4-3-5-9-15)12-21-18(24)13-23-17-11-7-6-10-16(17)22(2)19(25)20(23)26/h3-11,14H,12-13H2,1-2H3,(H,21,24)/t14-/m0/s1. The van der Waals surface area contributed by atoms with Gasteiger partial charge in [-0.15, -0.1) is 0 Å². The van der Waals surface area contributed by atoms with Gasteiger partial charge in [-0.3, -0.25) is 19.0 Å². The number of rotatable bonds is 5. The summed E-state index contributed by atoms with van der Waals surface area (Å²) in [6.45, 7) is 2.30. The molecular formula is C20H21N3O3. The zero-order valence-electron chi connectivity index (χ0n) is 14.8. The average Bonchev–Trinajstić information content (AvgIpc) is 2.68. The lowest BCUT2D eigenvalue weighted by Gasteiger charge is -2.15. The molecule has 0 spiro atoms. The van der Waals surface area contributed by atoms with Crippen LogP contribution in [0, 0.1) is 0 Å². The van der Waals surface area contributed by atoms with E-state index < -0.39 is 11.1 Å². The molecule has 1 aromatic heterocycles. The summed E-state index contributed by atoms with van der Waals surface area (Å²) < 4.78 is 2.55. The number of fused-ring (bicyclic) bond motifs is 1. The van der Waals surface area contributed by atoms with Crippen LogP contribution in [-0.2, 0) is 18.4 Å². The number of nitrogens with one attached hydrogen (secondary N) is 1. The van der Waals surface area contributed by atoms with E-state index >= 15 is 0 Å². The van der Waals surface area contributed by atoms with Crippen LogP contribution < -0.4 is 16.4 Å². The van der Waals surface area contributed by atoms with Crippen LogP contribution in [0.4, 0.5) is 0 Å². The van der Waals surface area contributed by atoms with Crippen LogP contribution in [-0.4, -0.2) is 21.6 Å². The monoisotopic (exact) mass is 351 g/mol. The van der Waals surface area contributed by atoms with Crippen molar-refractivity contribution in [2.45, 2.75) is 19.4 Å². The molecule has 0 fully saturated rings. The first-order chi connectivity index (χ1) is 12.5. The van der Waals surface area contributed by atoms with Crippen molar-refractivity contribution in [1.82, 2.24) is 14.5 Å². The fourth-order valence-electron chi connectivity index (χ4n) is 2.98. The summed E-state index contributed by atoms with van der Waals surface area (Å²) in [4.78, 5) is 36.8. The lowest BCUT2D eigenvalue weighted by Crippen LogP contribution is -2.43. The predicted octanol–water partition coefficient (Wildman–Crippen LogP) is 1.62. The first-order valence-electron chi connectivity index (χ1n) is 8.49. The molecule has 2 aromatic carbocycles. The van der Waals surface area contributed by atoms with Gasteiger partial charge in [0.25, 0.3) is 0 Å². The molecule has 1 N–H and O–H groups in total. The van der Waals surface area contributed by atoms with E-state index in [2.05, 4.69) is 5.32 Å². The topological polar surface area (TPSA) is 73.1 Å². The molecule has 0 bridgehead atoms. The van der Waals surface area contributed by atoms with E-state index in [9.17, 15) is 14.4 Å². The second kappa shape index (κ2) is 7.39. The van der Waals surface area contributed by atoms with Gasteiger partial charge >= 0.3 is 11.1 Å². The Morgan fingerprint density at radius 2 is 1.58 bits per heavy atom. The average molecular weight is 351 g/mol. The van der Waals surface area contributed by atoms with Crippen LogP contribution in [0.15, 0.2) is 64.2 Å². The van der Waals surface area contributed by atoms with Gasteiger partial charge in [-0.25, -0.2) is 0 Å². The van der Waals surface area contributed by atoms with Gasteiger partial charge in [0.2, 0.25) is 5.91 Å². The number of hydrogen-bond acceptors (Lipinski definition) is 3. The number of carbonyl (C=O) groups excluding carboxylic acids is 1. The van der Waals surface area contributed by atoms with Gasteiger partial charge in [0.1, 0.15) is 6.54 Å². The van der Waals surface area contributed by atoms with E-state index in [1.807, 2.05) is 37.3 Å². The molecule has 3 aromatic rings. The Labute approximate surface area is 150 Å². The third-order valence-corrected chi connectivity index (χ3v) is 4.54. The number of aromatic nitrogens is 2. The van der Waals surface area contributed by atoms with Gasteiger partial charge in [0.15, 0.2) is 0 Å². The maximum atomic E-state index is 12.4. The summed E-state index contributed by atoms with van der Waals surface area (Å²) in [5.74, 6) is -0.148. The Hall–Kier alpha value is -3.15.